The van der Waals surface area contributed by atoms with Gasteiger partial charge >= 0.3 is 6.09 Å². The third-order valence-electron chi connectivity index (χ3n) is 4.91. The molecule has 2 fully saturated rings. The molecule has 3 amide bonds. The van der Waals surface area contributed by atoms with E-state index >= 15 is 0 Å². The summed E-state index contributed by atoms with van der Waals surface area (Å²) in [6.45, 7) is 2.93. The summed E-state index contributed by atoms with van der Waals surface area (Å²) in [6, 6.07) is 10.0. The first-order chi connectivity index (χ1) is 12.6. The van der Waals surface area contributed by atoms with Gasteiger partial charge in [0.1, 0.15) is 6.61 Å². The number of rotatable bonds is 7. The molecule has 7 heteroatoms. The number of likely N-dealkylation sites (tertiary alicyclic amines) is 1. The van der Waals surface area contributed by atoms with E-state index in [1.165, 1.54) is 5.56 Å². The van der Waals surface area contributed by atoms with Crippen molar-refractivity contribution in [2.75, 3.05) is 39.3 Å². The Morgan fingerprint density at radius 1 is 1.15 bits per heavy atom. The second kappa shape index (κ2) is 8.69. The first-order valence-corrected chi connectivity index (χ1v) is 9.14. The minimum Gasteiger partial charge on any atom is -0.448 e. The molecule has 1 aromatic rings. The van der Waals surface area contributed by atoms with Crippen molar-refractivity contribution in [1.29, 1.82) is 0 Å². The lowest BCUT2D eigenvalue weighted by Gasteiger charge is -2.32. The number of nitrogens with zero attached hydrogens (tertiary/aromatic N) is 2. The molecule has 26 heavy (non-hydrogen) atoms. The molecule has 0 unspecified atom stereocenters. The second-order valence-corrected chi connectivity index (χ2v) is 6.70. The van der Waals surface area contributed by atoms with Gasteiger partial charge in [-0.15, -0.1) is 0 Å². The first-order valence-electron chi connectivity index (χ1n) is 9.14. The summed E-state index contributed by atoms with van der Waals surface area (Å²) >= 11 is 0. The maximum absolute atomic E-state index is 12.4. The van der Waals surface area contributed by atoms with E-state index in [1.807, 2.05) is 30.3 Å². The van der Waals surface area contributed by atoms with Crippen LogP contribution in [0.15, 0.2) is 30.3 Å². The smallest absolute Gasteiger partial charge is 0.409 e. The molecular weight excluding hydrogens is 334 g/mol. The SMILES string of the molecule is O=C(NCCN1CCOC1=O)[C@@H]1CCC(=O)N(CCc2ccccc2)C1. The summed E-state index contributed by atoms with van der Waals surface area (Å²) in [5.74, 6) is -0.117. The van der Waals surface area contributed by atoms with Crippen molar-refractivity contribution in [3.05, 3.63) is 35.9 Å². The fourth-order valence-electron chi connectivity index (χ4n) is 3.34. The molecule has 0 saturated carbocycles. The van der Waals surface area contributed by atoms with E-state index in [9.17, 15) is 14.4 Å². The van der Waals surface area contributed by atoms with Crippen molar-refractivity contribution in [2.45, 2.75) is 19.3 Å². The average molecular weight is 359 g/mol. The van der Waals surface area contributed by atoms with Gasteiger partial charge < -0.3 is 19.9 Å². The number of ether oxygens (including phenoxy) is 1. The molecule has 0 bridgehead atoms. The van der Waals surface area contributed by atoms with Crippen LogP contribution in [0.2, 0.25) is 0 Å². The van der Waals surface area contributed by atoms with E-state index in [0.717, 1.165) is 6.42 Å². The molecule has 2 aliphatic rings. The summed E-state index contributed by atoms with van der Waals surface area (Å²) < 4.78 is 4.86. The Hall–Kier alpha value is -2.57. The van der Waals surface area contributed by atoms with Crippen LogP contribution in [0.5, 0.6) is 0 Å². The molecule has 0 aliphatic carbocycles. The number of nitrogens with one attached hydrogen (secondary N) is 1. The van der Waals surface area contributed by atoms with Gasteiger partial charge in [0.15, 0.2) is 0 Å². The minimum absolute atomic E-state index is 0.0465. The maximum Gasteiger partial charge on any atom is 0.409 e. The molecule has 140 valence electrons. The van der Waals surface area contributed by atoms with Crippen molar-refractivity contribution in [3.8, 4) is 0 Å². The van der Waals surface area contributed by atoms with Crippen LogP contribution in [0, 0.1) is 5.92 Å². The fraction of sp³-hybridized carbons (Fsp3) is 0.526. The molecule has 0 spiro atoms. The predicted octanol–water partition coefficient (Wildman–Crippen LogP) is 1.04. The molecule has 7 nitrogen and oxygen atoms in total. The standard InChI is InChI=1S/C19H25N3O4/c23-17-7-6-16(14-22(17)10-8-15-4-2-1-3-5-15)18(24)20-9-11-21-12-13-26-19(21)25/h1-5,16H,6-14H2,(H,20,24)/t16-/m1/s1. The normalized spacial score (nSPS) is 20.2. The zero-order valence-electron chi connectivity index (χ0n) is 14.9. The lowest BCUT2D eigenvalue weighted by Crippen LogP contribution is -2.47. The monoisotopic (exact) mass is 359 g/mol. The lowest BCUT2D eigenvalue weighted by molar-refractivity contribution is -0.138. The number of benzene rings is 1. The summed E-state index contributed by atoms with van der Waals surface area (Å²) in [5, 5.41) is 2.88. The van der Waals surface area contributed by atoms with Crippen LogP contribution >= 0.6 is 0 Å². The first kappa shape index (κ1) is 18.2. The molecule has 1 atom stereocenters. The number of carbonyl (C=O) groups is 3. The van der Waals surface area contributed by atoms with Crippen molar-refractivity contribution < 1.29 is 19.1 Å². The van der Waals surface area contributed by atoms with Crippen LogP contribution < -0.4 is 5.32 Å². The molecule has 1 N–H and O–H groups in total. The number of carbonyl (C=O) groups excluding carboxylic acids is 3. The number of cyclic esters (lactones) is 1. The zero-order valence-corrected chi connectivity index (χ0v) is 14.9. The number of piperidine rings is 1. The van der Waals surface area contributed by atoms with Gasteiger partial charge in [-0.2, -0.15) is 0 Å². The van der Waals surface area contributed by atoms with Gasteiger partial charge in [0.2, 0.25) is 11.8 Å². The number of amides is 3. The second-order valence-electron chi connectivity index (χ2n) is 6.70. The van der Waals surface area contributed by atoms with Crippen LogP contribution in [0.1, 0.15) is 18.4 Å². The van der Waals surface area contributed by atoms with Crippen LogP contribution in [-0.2, 0) is 20.7 Å². The quantitative estimate of drug-likeness (QED) is 0.789. The molecule has 3 rings (SSSR count). The van der Waals surface area contributed by atoms with Crippen molar-refractivity contribution >= 4 is 17.9 Å². The van der Waals surface area contributed by atoms with Gasteiger partial charge in [0, 0.05) is 32.6 Å². The van der Waals surface area contributed by atoms with Crippen molar-refractivity contribution in [1.82, 2.24) is 15.1 Å². The Bertz CT molecular complexity index is 649. The molecule has 2 aliphatic heterocycles. The topological polar surface area (TPSA) is 79.0 Å². The highest BCUT2D eigenvalue weighted by Gasteiger charge is 2.30. The Morgan fingerprint density at radius 2 is 1.96 bits per heavy atom. The van der Waals surface area contributed by atoms with E-state index in [0.29, 0.717) is 52.2 Å². The Morgan fingerprint density at radius 3 is 2.69 bits per heavy atom. The molecule has 2 saturated heterocycles. The van der Waals surface area contributed by atoms with Gasteiger partial charge in [-0.05, 0) is 18.4 Å². The van der Waals surface area contributed by atoms with Gasteiger partial charge in [-0.3, -0.25) is 9.59 Å². The Kier molecular flexibility index (Phi) is 6.09. The van der Waals surface area contributed by atoms with E-state index in [-0.39, 0.29) is 23.8 Å². The van der Waals surface area contributed by atoms with E-state index < -0.39 is 0 Å². The van der Waals surface area contributed by atoms with Crippen LogP contribution in [-0.4, -0.2) is 67.0 Å². The van der Waals surface area contributed by atoms with Crippen molar-refractivity contribution in [3.63, 3.8) is 0 Å². The van der Waals surface area contributed by atoms with Gasteiger partial charge in [-0.25, -0.2) is 4.79 Å². The molecular formula is C19H25N3O4. The van der Waals surface area contributed by atoms with E-state index in [1.54, 1.807) is 9.80 Å². The summed E-state index contributed by atoms with van der Waals surface area (Å²) in [5.41, 5.74) is 1.18. The van der Waals surface area contributed by atoms with Crippen LogP contribution in [0.4, 0.5) is 4.79 Å². The largest absolute Gasteiger partial charge is 0.448 e. The molecule has 1 aromatic carbocycles. The highest BCUT2D eigenvalue weighted by atomic mass is 16.6. The highest BCUT2D eigenvalue weighted by molar-refractivity contribution is 5.83. The predicted molar refractivity (Wildman–Crippen MR) is 95.4 cm³/mol. The summed E-state index contributed by atoms with van der Waals surface area (Å²) in [4.78, 5) is 39.3. The zero-order chi connectivity index (χ0) is 18.4. The van der Waals surface area contributed by atoms with Gasteiger partial charge in [0.05, 0.1) is 12.5 Å². The fourth-order valence-corrected chi connectivity index (χ4v) is 3.34. The summed E-state index contributed by atoms with van der Waals surface area (Å²) in [6.07, 6.45) is 1.45. The molecule has 0 radical (unpaired) electrons. The minimum atomic E-state index is -0.324. The maximum atomic E-state index is 12.4. The summed E-state index contributed by atoms with van der Waals surface area (Å²) in [7, 11) is 0. The van der Waals surface area contributed by atoms with Crippen molar-refractivity contribution in [2.24, 2.45) is 5.92 Å². The van der Waals surface area contributed by atoms with Crippen LogP contribution in [0.25, 0.3) is 0 Å². The number of hydrogen-bond acceptors (Lipinski definition) is 4. The van der Waals surface area contributed by atoms with Crippen LogP contribution in [0.3, 0.4) is 0 Å². The molecule has 2 heterocycles. The third-order valence-corrected chi connectivity index (χ3v) is 4.91. The van der Waals surface area contributed by atoms with Gasteiger partial charge in [-0.1, -0.05) is 30.3 Å². The third kappa shape index (κ3) is 4.74. The Labute approximate surface area is 153 Å². The van der Waals surface area contributed by atoms with Gasteiger partial charge in [0.25, 0.3) is 0 Å². The van der Waals surface area contributed by atoms with E-state index in [4.69, 9.17) is 4.74 Å². The highest BCUT2D eigenvalue weighted by Crippen LogP contribution is 2.18. The van der Waals surface area contributed by atoms with E-state index in [2.05, 4.69) is 5.32 Å². The average Bonchev–Trinajstić information content (AvgIpc) is 3.07. The number of hydrogen-bond donors (Lipinski definition) is 1. The Balaban J connectivity index is 1.43. The molecule has 0 aromatic heterocycles. The lowest BCUT2D eigenvalue weighted by atomic mass is 9.96.